The zero-order valence-corrected chi connectivity index (χ0v) is 9.08. The van der Waals surface area contributed by atoms with E-state index in [1.807, 2.05) is 0 Å². The summed E-state index contributed by atoms with van der Waals surface area (Å²) < 4.78 is 17.7. The lowest BCUT2D eigenvalue weighted by Crippen LogP contribution is -2.03. The van der Waals surface area contributed by atoms with Gasteiger partial charge in [0.1, 0.15) is 17.5 Å². The quantitative estimate of drug-likeness (QED) is 0.453. The average Bonchev–Trinajstić information content (AvgIpc) is 2.28. The van der Waals surface area contributed by atoms with Crippen LogP contribution < -0.4 is 0 Å². The van der Waals surface area contributed by atoms with Gasteiger partial charge in [-0.3, -0.25) is 0 Å². The molecule has 0 amide bonds. The molecular weight excluding hydrogens is 233 g/mol. The van der Waals surface area contributed by atoms with Crippen molar-refractivity contribution in [2.24, 2.45) is 0 Å². The number of esters is 1. The van der Waals surface area contributed by atoms with Crippen LogP contribution in [-0.2, 0) is 9.53 Å². The second kappa shape index (κ2) is 5.29. The van der Waals surface area contributed by atoms with E-state index in [0.29, 0.717) is 0 Å². The standard InChI is InChI=1S/C11H7ClFNO2/c1-16-11(15)7(6-14)5-8-9(12)3-2-4-10(8)13/h2-5H,1H3/b7-5-. The lowest BCUT2D eigenvalue weighted by Gasteiger charge is -2.01. The van der Waals surface area contributed by atoms with E-state index in [2.05, 4.69) is 4.74 Å². The number of hydrogen-bond acceptors (Lipinski definition) is 3. The van der Waals surface area contributed by atoms with Crippen LogP contribution in [0, 0.1) is 17.1 Å². The fraction of sp³-hybridized carbons (Fsp3) is 0.0909. The monoisotopic (exact) mass is 239 g/mol. The molecule has 16 heavy (non-hydrogen) atoms. The van der Waals surface area contributed by atoms with Crippen molar-refractivity contribution in [2.45, 2.75) is 0 Å². The van der Waals surface area contributed by atoms with Crippen LogP contribution in [0.2, 0.25) is 5.02 Å². The molecule has 0 heterocycles. The number of nitrogens with zero attached hydrogens (tertiary/aromatic N) is 1. The van der Waals surface area contributed by atoms with E-state index in [4.69, 9.17) is 16.9 Å². The Morgan fingerprint density at radius 1 is 1.62 bits per heavy atom. The number of carbonyl (C=O) groups excluding carboxylic acids is 1. The van der Waals surface area contributed by atoms with Crippen LogP contribution in [0.25, 0.3) is 6.08 Å². The molecular formula is C11H7ClFNO2. The van der Waals surface area contributed by atoms with Crippen molar-refractivity contribution in [3.05, 3.63) is 40.2 Å². The molecule has 0 bridgehead atoms. The largest absolute Gasteiger partial charge is 0.465 e. The van der Waals surface area contributed by atoms with Crippen LogP contribution in [0.4, 0.5) is 4.39 Å². The molecule has 1 aromatic carbocycles. The highest BCUT2D eigenvalue weighted by Gasteiger charge is 2.12. The first-order chi connectivity index (χ1) is 7.60. The summed E-state index contributed by atoms with van der Waals surface area (Å²) in [6.45, 7) is 0. The van der Waals surface area contributed by atoms with Crippen LogP contribution >= 0.6 is 11.6 Å². The molecule has 0 aliphatic heterocycles. The number of halogens is 2. The minimum atomic E-state index is -0.832. The van der Waals surface area contributed by atoms with Crippen molar-refractivity contribution < 1.29 is 13.9 Å². The average molecular weight is 240 g/mol. The Balaban J connectivity index is 3.25. The minimum absolute atomic E-state index is 0.00823. The van der Waals surface area contributed by atoms with Crippen molar-refractivity contribution in [1.82, 2.24) is 0 Å². The van der Waals surface area contributed by atoms with Gasteiger partial charge in [-0.25, -0.2) is 9.18 Å². The molecule has 82 valence electrons. The molecule has 0 unspecified atom stereocenters. The predicted octanol–water partition coefficient (Wildman–Crippen LogP) is 2.56. The first-order valence-corrected chi connectivity index (χ1v) is 4.62. The van der Waals surface area contributed by atoms with E-state index < -0.39 is 11.8 Å². The summed E-state index contributed by atoms with van der Waals surface area (Å²) in [6, 6.07) is 5.69. The van der Waals surface area contributed by atoms with Crippen molar-refractivity contribution in [2.75, 3.05) is 7.11 Å². The van der Waals surface area contributed by atoms with Gasteiger partial charge in [0, 0.05) is 5.56 Å². The lowest BCUT2D eigenvalue weighted by molar-refractivity contribution is -0.135. The summed E-state index contributed by atoms with van der Waals surface area (Å²) in [5, 5.41) is 8.81. The first kappa shape index (κ1) is 12.2. The van der Waals surface area contributed by atoms with E-state index >= 15 is 0 Å². The third-order valence-electron chi connectivity index (χ3n) is 1.81. The number of hydrogen-bond donors (Lipinski definition) is 0. The molecule has 0 atom stereocenters. The molecule has 0 radical (unpaired) electrons. The van der Waals surface area contributed by atoms with Crippen molar-refractivity contribution in [1.29, 1.82) is 5.26 Å². The van der Waals surface area contributed by atoms with Gasteiger partial charge in [0.25, 0.3) is 0 Å². The Morgan fingerprint density at radius 3 is 2.81 bits per heavy atom. The van der Waals surface area contributed by atoms with Gasteiger partial charge in [-0.1, -0.05) is 17.7 Å². The maximum Gasteiger partial charge on any atom is 0.348 e. The molecule has 0 spiro atoms. The van der Waals surface area contributed by atoms with Gasteiger partial charge in [0.15, 0.2) is 0 Å². The molecule has 0 aliphatic carbocycles. The summed E-state index contributed by atoms with van der Waals surface area (Å²) in [4.78, 5) is 11.1. The molecule has 0 fully saturated rings. The minimum Gasteiger partial charge on any atom is -0.465 e. The third kappa shape index (κ3) is 2.59. The van der Waals surface area contributed by atoms with Gasteiger partial charge in [-0.15, -0.1) is 0 Å². The van der Waals surface area contributed by atoms with Gasteiger partial charge in [-0.05, 0) is 18.2 Å². The molecule has 0 aromatic heterocycles. The summed E-state index contributed by atoms with van der Waals surface area (Å²) in [5.41, 5.74) is -0.319. The van der Waals surface area contributed by atoms with Gasteiger partial charge >= 0.3 is 5.97 Å². The summed E-state index contributed by atoms with van der Waals surface area (Å²) in [7, 11) is 1.14. The van der Waals surface area contributed by atoms with E-state index in [1.165, 1.54) is 18.2 Å². The highest BCUT2D eigenvalue weighted by atomic mass is 35.5. The van der Waals surface area contributed by atoms with Crippen LogP contribution in [0.15, 0.2) is 23.8 Å². The fourth-order valence-corrected chi connectivity index (χ4v) is 1.26. The zero-order valence-electron chi connectivity index (χ0n) is 8.33. The molecule has 0 aliphatic rings. The number of rotatable bonds is 2. The Labute approximate surface area is 96.7 Å². The highest BCUT2D eigenvalue weighted by Crippen LogP contribution is 2.21. The predicted molar refractivity (Wildman–Crippen MR) is 57.0 cm³/mol. The highest BCUT2D eigenvalue weighted by molar-refractivity contribution is 6.32. The Kier molecular flexibility index (Phi) is 4.03. The number of nitriles is 1. The molecule has 0 saturated carbocycles. The second-order valence-electron chi connectivity index (χ2n) is 2.80. The fourth-order valence-electron chi connectivity index (χ4n) is 1.04. The Hall–Kier alpha value is -1.86. The first-order valence-electron chi connectivity index (χ1n) is 4.24. The van der Waals surface area contributed by atoms with Crippen LogP contribution in [0.1, 0.15) is 5.56 Å². The maximum absolute atomic E-state index is 13.3. The molecule has 5 heteroatoms. The maximum atomic E-state index is 13.3. The molecule has 1 rings (SSSR count). The smallest absolute Gasteiger partial charge is 0.348 e. The molecule has 0 N–H and O–H groups in total. The van der Waals surface area contributed by atoms with Gasteiger partial charge in [0.05, 0.1) is 12.1 Å². The Morgan fingerprint density at radius 2 is 2.31 bits per heavy atom. The van der Waals surface area contributed by atoms with E-state index in [9.17, 15) is 9.18 Å². The topological polar surface area (TPSA) is 50.1 Å². The van der Waals surface area contributed by atoms with Crippen molar-refractivity contribution >= 4 is 23.6 Å². The van der Waals surface area contributed by atoms with Crippen molar-refractivity contribution in [3.8, 4) is 6.07 Å². The second-order valence-corrected chi connectivity index (χ2v) is 3.20. The lowest BCUT2D eigenvalue weighted by atomic mass is 10.1. The van der Waals surface area contributed by atoms with Gasteiger partial charge < -0.3 is 4.74 Å². The van der Waals surface area contributed by atoms with Crippen LogP contribution in [0.5, 0.6) is 0 Å². The molecule has 3 nitrogen and oxygen atoms in total. The van der Waals surface area contributed by atoms with Gasteiger partial charge in [0.2, 0.25) is 0 Å². The SMILES string of the molecule is COC(=O)/C(C#N)=C\c1c(F)cccc1Cl. The number of benzene rings is 1. The van der Waals surface area contributed by atoms with Crippen molar-refractivity contribution in [3.63, 3.8) is 0 Å². The summed E-state index contributed by atoms with van der Waals surface area (Å²) in [6.07, 6.45) is 1.06. The number of methoxy groups -OCH3 is 1. The summed E-state index contributed by atoms with van der Waals surface area (Å²) >= 11 is 5.73. The van der Waals surface area contributed by atoms with Crippen LogP contribution in [0.3, 0.4) is 0 Å². The van der Waals surface area contributed by atoms with E-state index in [1.54, 1.807) is 6.07 Å². The normalized spacial score (nSPS) is 10.8. The van der Waals surface area contributed by atoms with E-state index in [0.717, 1.165) is 13.2 Å². The van der Waals surface area contributed by atoms with E-state index in [-0.39, 0.29) is 16.2 Å². The Bertz CT molecular complexity index is 471. The molecule has 1 aromatic rings. The molecule has 0 saturated heterocycles. The number of carbonyl (C=O) groups is 1. The van der Waals surface area contributed by atoms with Gasteiger partial charge in [-0.2, -0.15) is 5.26 Å². The summed E-state index contributed by atoms with van der Waals surface area (Å²) in [5.74, 6) is -1.44. The number of ether oxygens (including phenoxy) is 1. The zero-order chi connectivity index (χ0) is 12.1. The van der Waals surface area contributed by atoms with Crippen LogP contribution in [-0.4, -0.2) is 13.1 Å². The third-order valence-corrected chi connectivity index (χ3v) is 2.14.